The standard InChI is InChI=1S/C52H107N2O6P/c1-6-8-10-12-14-16-18-20-22-24-26-27-28-29-31-33-35-37-39-41-43-45-51(55)50(49-60-61(57,58)59-48-47-54(3,4)5)53-52(56)46-44-42-40-38-36-34-32-30-25-23-21-19-17-15-13-11-9-7-2/h50-51,55H,6-49H2,1-5H3,(H-,53,56,57,58). The fraction of sp³-hybridized carbons (Fsp3) is 0.981. The molecule has 0 bridgehead atoms. The summed E-state index contributed by atoms with van der Waals surface area (Å²) in [6.07, 6.45) is 51.1. The normalized spacial score (nSPS) is 14.0. The number of carbonyl (C=O) groups is 1. The minimum absolute atomic E-state index is 0.0165. The molecule has 0 aromatic carbocycles. The molecular weight excluding hydrogens is 780 g/mol. The van der Waals surface area contributed by atoms with Crippen molar-refractivity contribution < 1.29 is 32.9 Å². The quantitative estimate of drug-likeness (QED) is 0.0358. The van der Waals surface area contributed by atoms with Gasteiger partial charge in [-0.2, -0.15) is 0 Å². The number of quaternary nitrogens is 1. The van der Waals surface area contributed by atoms with Crippen LogP contribution in [0.25, 0.3) is 0 Å². The van der Waals surface area contributed by atoms with Crippen LogP contribution < -0.4 is 10.2 Å². The number of phosphoric acid groups is 1. The van der Waals surface area contributed by atoms with Crippen LogP contribution in [0.5, 0.6) is 0 Å². The summed E-state index contributed by atoms with van der Waals surface area (Å²) in [6, 6.07) is -0.794. The van der Waals surface area contributed by atoms with Gasteiger partial charge in [-0.05, 0) is 12.8 Å². The van der Waals surface area contributed by atoms with Crippen molar-refractivity contribution in [1.82, 2.24) is 5.32 Å². The summed E-state index contributed by atoms with van der Waals surface area (Å²) in [6.45, 7) is 4.77. The van der Waals surface area contributed by atoms with Crippen LogP contribution >= 0.6 is 7.82 Å². The molecule has 0 aliphatic carbocycles. The number of hydrogen-bond acceptors (Lipinski definition) is 6. The topological polar surface area (TPSA) is 108 Å². The summed E-state index contributed by atoms with van der Waals surface area (Å²) in [5.41, 5.74) is 0. The second-order valence-electron chi connectivity index (χ2n) is 20.0. The van der Waals surface area contributed by atoms with Gasteiger partial charge < -0.3 is 28.8 Å². The number of rotatable bonds is 50. The lowest BCUT2D eigenvalue weighted by molar-refractivity contribution is -0.870. The number of aliphatic hydroxyl groups excluding tert-OH is 1. The first-order valence-electron chi connectivity index (χ1n) is 26.9. The summed E-state index contributed by atoms with van der Waals surface area (Å²) < 4.78 is 23.4. The molecule has 0 saturated heterocycles. The number of aliphatic hydroxyl groups is 1. The first-order valence-corrected chi connectivity index (χ1v) is 28.3. The molecule has 61 heavy (non-hydrogen) atoms. The highest BCUT2D eigenvalue weighted by Crippen LogP contribution is 2.38. The number of likely N-dealkylation sites (N-methyl/N-ethyl adjacent to an activating group) is 1. The Labute approximate surface area is 380 Å². The van der Waals surface area contributed by atoms with E-state index in [0.29, 0.717) is 23.9 Å². The molecule has 2 N–H and O–H groups in total. The fourth-order valence-electron chi connectivity index (χ4n) is 8.34. The van der Waals surface area contributed by atoms with Gasteiger partial charge in [0.15, 0.2) is 0 Å². The maximum atomic E-state index is 12.9. The molecule has 0 heterocycles. The Morgan fingerprint density at radius 3 is 1.11 bits per heavy atom. The molecule has 1 amide bonds. The van der Waals surface area contributed by atoms with Crippen LogP contribution in [0, 0.1) is 0 Å². The maximum Gasteiger partial charge on any atom is 0.268 e. The average molecular weight is 887 g/mol. The molecule has 0 saturated carbocycles. The zero-order chi connectivity index (χ0) is 45.0. The van der Waals surface area contributed by atoms with Gasteiger partial charge in [-0.15, -0.1) is 0 Å². The highest BCUT2D eigenvalue weighted by molar-refractivity contribution is 7.45. The summed E-state index contributed by atoms with van der Waals surface area (Å²) in [7, 11) is 1.32. The summed E-state index contributed by atoms with van der Waals surface area (Å²) in [5, 5.41) is 14.0. The van der Waals surface area contributed by atoms with Crippen molar-refractivity contribution in [3.63, 3.8) is 0 Å². The molecule has 0 fully saturated rings. The summed E-state index contributed by atoms with van der Waals surface area (Å²) in [5.74, 6) is -0.158. The van der Waals surface area contributed by atoms with Crippen LogP contribution in [0.2, 0.25) is 0 Å². The lowest BCUT2D eigenvalue weighted by atomic mass is 10.0. The van der Waals surface area contributed by atoms with E-state index in [4.69, 9.17) is 9.05 Å². The van der Waals surface area contributed by atoms with Gasteiger partial charge in [0.25, 0.3) is 7.82 Å². The number of unbranched alkanes of at least 4 members (excludes halogenated alkanes) is 37. The van der Waals surface area contributed by atoms with E-state index in [-0.39, 0.29) is 19.1 Å². The summed E-state index contributed by atoms with van der Waals surface area (Å²) >= 11 is 0. The largest absolute Gasteiger partial charge is 0.756 e. The van der Waals surface area contributed by atoms with Gasteiger partial charge in [0.05, 0.1) is 39.9 Å². The van der Waals surface area contributed by atoms with E-state index in [1.54, 1.807) is 0 Å². The van der Waals surface area contributed by atoms with Crippen molar-refractivity contribution in [2.45, 2.75) is 289 Å². The van der Waals surface area contributed by atoms with E-state index < -0.39 is 20.0 Å². The summed E-state index contributed by atoms with van der Waals surface area (Å²) in [4.78, 5) is 25.5. The molecular formula is C52H107N2O6P. The monoisotopic (exact) mass is 887 g/mol. The van der Waals surface area contributed by atoms with Crippen LogP contribution in [0.3, 0.4) is 0 Å². The number of nitrogens with one attached hydrogen (secondary N) is 1. The highest BCUT2D eigenvalue weighted by atomic mass is 31.2. The third-order valence-electron chi connectivity index (χ3n) is 12.6. The first kappa shape index (κ1) is 60.5. The predicted molar refractivity (Wildman–Crippen MR) is 261 cm³/mol. The van der Waals surface area contributed by atoms with E-state index >= 15 is 0 Å². The Morgan fingerprint density at radius 2 is 0.803 bits per heavy atom. The van der Waals surface area contributed by atoms with Gasteiger partial charge in [0.1, 0.15) is 13.2 Å². The molecule has 0 aliphatic rings. The van der Waals surface area contributed by atoms with Crippen LogP contribution in [-0.2, 0) is 18.4 Å². The highest BCUT2D eigenvalue weighted by Gasteiger charge is 2.24. The van der Waals surface area contributed by atoms with Crippen molar-refractivity contribution in [1.29, 1.82) is 0 Å². The van der Waals surface area contributed by atoms with Gasteiger partial charge in [-0.3, -0.25) is 9.36 Å². The molecule has 0 spiro atoms. The molecule has 3 atom stereocenters. The molecule has 0 rings (SSSR count). The van der Waals surface area contributed by atoms with E-state index in [0.717, 1.165) is 38.5 Å². The van der Waals surface area contributed by atoms with Gasteiger partial charge in [-0.1, -0.05) is 258 Å². The molecule has 9 heteroatoms. The first-order chi connectivity index (χ1) is 29.5. The van der Waals surface area contributed by atoms with E-state index in [9.17, 15) is 19.4 Å². The molecule has 366 valence electrons. The van der Waals surface area contributed by atoms with Gasteiger partial charge in [0.2, 0.25) is 5.91 Å². The smallest absolute Gasteiger partial charge is 0.268 e. The van der Waals surface area contributed by atoms with E-state index in [1.807, 2.05) is 21.1 Å². The van der Waals surface area contributed by atoms with Crippen molar-refractivity contribution in [2.24, 2.45) is 0 Å². The van der Waals surface area contributed by atoms with Crippen molar-refractivity contribution >= 4 is 13.7 Å². The second-order valence-corrected chi connectivity index (χ2v) is 21.4. The number of carbonyl (C=O) groups excluding carboxylic acids is 1. The molecule has 8 nitrogen and oxygen atoms in total. The number of nitrogens with zero attached hydrogens (tertiary/aromatic N) is 1. The van der Waals surface area contributed by atoms with Crippen molar-refractivity contribution in [3.05, 3.63) is 0 Å². The predicted octanol–water partition coefficient (Wildman–Crippen LogP) is 15.1. The SMILES string of the molecule is CCCCCCCCCCCCCCCCCCCCCCCC(O)C(COP(=O)([O-])OCC[N+](C)(C)C)NC(=O)CCCCCCCCCCCCCCCCCCCC. The zero-order valence-electron chi connectivity index (χ0n) is 41.7. The maximum absolute atomic E-state index is 12.9. The lowest BCUT2D eigenvalue weighted by Gasteiger charge is -2.30. The molecule has 0 aliphatic heterocycles. The Balaban J connectivity index is 4.19. The molecule has 0 aromatic heterocycles. The van der Waals surface area contributed by atoms with Crippen LogP contribution in [-0.4, -0.2) is 68.5 Å². The van der Waals surface area contributed by atoms with E-state index in [1.165, 1.54) is 212 Å². The number of amides is 1. The number of phosphoric ester groups is 1. The third-order valence-corrected chi connectivity index (χ3v) is 13.6. The molecule has 3 unspecified atom stereocenters. The number of hydrogen-bond donors (Lipinski definition) is 2. The Kier molecular flexibility index (Phi) is 44.3. The van der Waals surface area contributed by atoms with Crippen LogP contribution in [0.4, 0.5) is 0 Å². The Bertz CT molecular complexity index is 963. The molecule has 0 radical (unpaired) electrons. The van der Waals surface area contributed by atoms with Crippen LogP contribution in [0.15, 0.2) is 0 Å². The second kappa shape index (κ2) is 44.7. The van der Waals surface area contributed by atoms with E-state index in [2.05, 4.69) is 19.2 Å². The lowest BCUT2D eigenvalue weighted by Crippen LogP contribution is -2.46. The minimum Gasteiger partial charge on any atom is -0.756 e. The minimum atomic E-state index is -4.56. The average Bonchev–Trinajstić information content (AvgIpc) is 3.21. The van der Waals surface area contributed by atoms with Crippen molar-refractivity contribution in [3.8, 4) is 0 Å². The Morgan fingerprint density at radius 1 is 0.508 bits per heavy atom. The fourth-order valence-corrected chi connectivity index (χ4v) is 9.06. The third kappa shape index (κ3) is 47.3. The zero-order valence-corrected chi connectivity index (χ0v) is 42.5. The van der Waals surface area contributed by atoms with Crippen molar-refractivity contribution in [2.75, 3.05) is 40.9 Å². The Hall–Kier alpha value is -0.500. The van der Waals surface area contributed by atoms with Gasteiger partial charge >= 0.3 is 0 Å². The van der Waals surface area contributed by atoms with Gasteiger partial charge in [0, 0.05) is 6.42 Å². The van der Waals surface area contributed by atoms with Gasteiger partial charge in [-0.25, -0.2) is 0 Å². The van der Waals surface area contributed by atoms with Crippen LogP contribution in [0.1, 0.15) is 277 Å². The molecule has 0 aromatic rings.